The van der Waals surface area contributed by atoms with Crippen molar-refractivity contribution in [2.45, 2.75) is 39.2 Å². The van der Waals surface area contributed by atoms with Crippen LogP contribution in [-0.2, 0) is 8.98 Å². The highest BCUT2D eigenvalue weighted by atomic mass is 32.1. The van der Waals surface area contributed by atoms with Crippen molar-refractivity contribution >= 4 is 18.7 Å². The highest BCUT2D eigenvalue weighted by Gasteiger charge is 2.05. The highest BCUT2D eigenvalue weighted by molar-refractivity contribution is 7.75. The van der Waals surface area contributed by atoms with Crippen LogP contribution in [0.5, 0.6) is 0 Å². The van der Waals surface area contributed by atoms with Gasteiger partial charge in [0, 0.05) is 6.42 Å². The Labute approximate surface area is 67.6 Å². The maximum absolute atomic E-state index is 10.5. The van der Waals surface area contributed by atoms with Crippen LogP contribution in [0.1, 0.15) is 33.1 Å². The molecule has 0 saturated carbocycles. The largest absolute Gasteiger partial charge is 0.315 e. The van der Waals surface area contributed by atoms with Gasteiger partial charge in [-0.2, -0.15) is 0 Å². The Balaban J connectivity index is 3.34. The summed E-state index contributed by atoms with van der Waals surface area (Å²) in [5, 5.41) is 0. The van der Waals surface area contributed by atoms with Crippen molar-refractivity contribution in [3.8, 4) is 0 Å². The molecule has 0 aromatic rings. The predicted molar refractivity (Wildman–Crippen MR) is 44.1 cm³/mol. The maximum Gasteiger partial charge on any atom is 0.129 e. The fourth-order valence-electron chi connectivity index (χ4n) is 0.696. The van der Waals surface area contributed by atoms with Crippen LogP contribution in [0.2, 0.25) is 0 Å². The van der Waals surface area contributed by atoms with Gasteiger partial charge in [0.25, 0.3) is 0 Å². The topological polar surface area (TPSA) is 26.3 Å². The van der Waals surface area contributed by atoms with Crippen LogP contribution < -0.4 is 0 Å². The van der Waals surface area contributed by atoms with E-state index in [1.165, 1.54) is 0 Å². The summed E-state index contributed by atoms with van der Waals surface area (Å²) >= 11 is 3.69. The molecule has 10 heavy (non-hydrogen) atoms. The first kappa shape index (κ1) is 9.98. The molecule has 60 valence electrons. The Bertz CT molecular complexity index is 99.8. The summed E-state index contributed by atoms with van der Waals surface area (Å²) < 4.78 is 4.79. The molecular weight excluding hydrogens is 148 g/mol. The van der Waals surface area contributed by atoms with Gasteiger partial charge in [-0.1, -0.05) is 6.92 Å². The lowest BCUT2D eigenvalue weighted by molar-refractivity contribution is -0.117. The minimum Gasteiger partial charge on any atom is -0.315 e. The number of carbonyl (C=O) groups excluding carboxylic acids is 1. The van der Waals surface area contributed by atoms with E-state index in [1.54, 1.807) is 6.92 Å². The molecule has 0 aromatic carbocycles. The van der Waals surface area contributed by atoms with Crippen molar-refractivity contribution in [2.24, 2.45) is 0 Å². The molecule has 0 aliphatic carbocycles. The summed E-state index contributed by atoms with van der Waals surface area (Å²) in [5.41, 5.74) is 0. The van der Waals surface area contributed by atoms with E-state index in [-0.39, 0.29) is 11.9 Å². The molecule has 0 heterocycles. The second kappa shape index (κ2) is 5.74. The molecule has 2 nitrogen and oxygen atoms in total. The highest BCUT2D eigenvalue weighted by Crippen LogP contribution is 2.07. The third-order valence-corrected chi connectivity index (χ3v) is 1.72. The third kappa shape index (κ3) is 4.82. The second-order valence-corrected chi connectivity index (χ2v) is 2.59. The van der Waals surface area contributed by atoms with E-state index in [4.69, 9.17) is 4.18 Å². The molecule has 1 unspecified atom stereocenters. The SMILES string of the molecule is CCC(CCC(C)=O)OS. The lowest BCUT2D eigenvalue weighted by Crippen LogP contribution is -2.07. The Hall–Kier alpha value is -0.0200. The molecule has 0 spiro atoms. The molecule has 0 aliphatic heterocycles. The number of hydrogen-bond donors (Lipinski definition) is 1. The van der Waals surface area contributed by atoms with Crippen molar-refractivity contribution < 1.29 is 8.98 Å². The summed E-state index contributed by atoms with van der Waals surface area (Å²) in [6.45, 7) is 3.60. The summed E-state index contributed by atoms with van der Waals surface area (Å²) in [5.74, 6) is 0.212. The molecular formula is C7H14O2S. The first-order valence-electron chi connectivity index (χ1n) is 3.50. The van der Waals surface area contributed by atoms with Gasteiger partial charge >= 0.3 is 0 Å². The van der Waals surface area contributed by atoms with Gasteiger partial charge in [-0.05, 0) is 32.7 Å². The maximum atomic E-state index is 10.5. The molecule has 0 radical (unpaired) electrons. The van der Waals surface area contributed by atoms with E-state index in [2.05, 4.69) is 12.9 Å². The minimum absolute atomic E-state index is 0.132. The molecule has 1 atom stereocenters. The molecule has 0 amide bonds. The molecule has 0 N–H and O–H groups in total. The van der Waals surface area contributed by atoms with Crippen LogP contribution in [0.25, 0.3) is 0 Å². The van der Waals surface area contributed by atoms with Crippen molar-refractivity contribution in [1.82, 2.24) is 0 Å². The molecule has 0 rings (SSSR count). The first-order chi connectivity index (χ1) is 4.70. The van der Waals surface area contributed by atoms with Crippen LogP contribution >= 0.6 is 12.9 Å². The van der Waals surface area contributed by atoms with Gasteiger partial charge in [0.05, 0.1) is 6.10 Å². The van der Waals surface area contributed by atoms with Crippen LogP contribution in [0, 0.1) is 0 Å². The second-order valence-electron chi connectivity index (χ2n) is 2.38. The number of ketones is 1. The molecule has 0 bridgehead atoms. The number of rotatable bonds is 5. The predicted octanol–water partition coefficient (Wildman–Crippen LogP) is 2.00. The number of thiol groups is 1. The van der Waals surface area contributed by atoms with Gasteiger partial charge in [-0.15, -0.1) is 0 Å². The summed E-state index contributed by atoms with van der Waals surface area (Å²) in [4.78, 5) is 10.5. The van der Waals surface area contributed by atoms with Gasteiger partial charge in [-0.25, -0.2) is 0 Å². The van der Waals surface area contributed by atoms with Gasteiger partial charge in [0.2, 0.25) is 0 Å². The van der Waals surface area contributed by atoms with Crippen LogP contribution in [0.3, 0.4) is 0 Å². The van der Waals surface area contributed by atoms with E-state index in [0.29, 0.717) is 6.42 Å². The summed E-state index contributed by atoms with van der Waals surface area (Å²) in [6, 6.07) is 0. The van der Waals surface area contributed by atoms with Crippen molar-refractivity contribution in [3.05, 3.63) is 0 Å². The van der Waals surface area contributed by atoms with Crippen LogP contribution in [-0.4, -0.2) is 11.9 Å². The zero-order valence-electron chi connectivity index (χ0n) is 6.46. The zero-order chi connectivity index (χ0) is 7.98. The number of hydrogen-bond acceptors (Lipinski definition) is 3. The van der Waals surface area contributed by atoms with E-state index >= 15 is 0 Å². The van der Waals surface area contributed by atoms with Crippen molar-refractivity contribution in [2.75, 3.05) is 0 Å². The van der Waals surface area contributed by atoms with Crippen molar-refractivity contribution in [1.29, 1.82) is 0 Å². The lowest BCUT2D eigenvalue weighted by atomic mass is 10.1. The van der Waals surface area contributed by atoms with Crippen molar-refractivity contribution in [3.63, 3.8) is 0 Å². The summed E-state index contributed by atoms with van der Waals surface area (Å²) in [7, 11) is 0. The third-order valence-electron chi connectivity index (χ3n) is 1.42. The quantitative estimate of drug-likeness (QED) is 0.494. The monoisotopic (exact) mass is 162 g/mol. The van der Waals surface area contributed by atoms with E-state index in [9.17, 15) is 4.79 Å². The standard InChI is InChI=1S/C7H14O2S/c1-3-7(9-10)5-4-6(2)8/h7,10H,3-5H2,1-2H3. The Morgan fingerprint density at radius 2 is 2.30 bits per heavy atom. The Morgan fingerprint density at radius 3 is 2.60 bits per heavy atom. The fraction of sp³-hybridized carbons (Fsp3) is 0.857. The molecule has 0 saturated heterocycles. The Kier molecular flexibility index (Phi) is 5.73. The van der Waals surface area contributed by atoms with Crippen LogP contribution in [0.4, 0.5) is 0 Å². The molecule has 0 aliphatic rings. The average Bonchev–Trinajstić information content (AvgIpc) is 1.90. The van der Waals surface area contributed by atoms with Gasteiger partial charge in [-0.3, -0.25) is 0 Å². The van der Waals surface area contributed by atoms with Gasteiger partial charge in [0.15, 0.2) is 0 Å². The van der Waals surface area contributed by atoms with E-state index in [1.807, 2.05) is 6.92 Å². The zero-order valence-corrected chi connectivity index (χ0v) is 7.36. The Morgan fingerprint density at radius 1 is 1.70 bits per heavy atom. The molecule has 0 aromatic heterocycles. The van der Waals surface area contributed by atoms with Gasteiger partial charge < -0.3 is 8.98 Å². The van der Waals surface area contributed by atoms with E-state index < -0.39 is 0 Å². The fourth-order valence-corrected chi connectivity index (χ4v) is 0.950. The number of carbonyl (C=O) groups is 1. The first-order valence-corrected chi connectivity index (χ1v) is 3.86. The average molecular weight is 162 g/mol. The van der Waals surface area contributed by atoms with Gasteiger partial charge in [0.1, 0.15) is 5.78 Å². The van der Waals surface area contributed by atoms with E-state index in [0.717, 1.165) is 12.8 Å². The summed E-state index contributed by atoms with van der Waals surface area (Å²) in [6.07, 6.45) is 2.43. The van der Waals surface area contributed by atoms with Crippen LogP contribution in [0.15, 0.2) is 0 Å². The number of Topliss-reactive ketones (excluding diaryl/α,β-unsaturated/α-hetero) is 1. The normalized spacial score (nSPS) is 13.1. The minimum atomic E-state index is 0.132. The molecule has 3 heteroatoms. The lowest BCUT2D eigenvalue weighted by Gasteiger charge is -2.08. The smallest absolute Gasteiger partial charge is 0.129 e. The molecule has 0 fully saturated rings.